The number of phenols is 1. The molecular weight excluding hydrogens is 352 g/mol. The number of benzene rings is 2. The molecule has 0 unspecified atom stereocenters. The number of hydrogen-bond donors (Lipinski definition) is 1. The van der Waals surface area contributed by atoms with Crippen molar-refractivity contribution in [2.24, 2.45) is 0 Å². The molecule has 0 aromatic heterocycles. The quantitative estimate of drug-likeness (QED) is 0.598. The predicted octanol–water partition coefficient (Wildman–Crippen LogP) is 5.13. The van der Waals surface area contributed by atoms with E-state index in [2.05, 4.69) is 0 Å². The Morgan fingerprint density at radius 3 is 2.73 bits per heavy atom. The second kappa shape index (κ2) is 6.89. The molecule has 0 aliphatic carbocycles. The van der Waals surface area contributed by atoms with Crippen LogP contribution >= 0.6 is 11.6 Å². The monoisotopic (exact) mass is 370 g/mol. The highest BCUT2D eigenvalue weighted by Crippen LogP contribution is 2.43. The van der Waals surface area contributed by atoms with Gasteiger partial charge in [0.05, 0.1) is 12.7 Å². The van der Waals surface area contributed by atoms with Gasteiger partial charge in [-0.25, -0.2) is 0 Å². The first-order chi connectivity index (χ1) is 12.3. The summed E-state index contributed by atoms with van der Waals surface area (Å²) in [7, 11) is 1.44. The average molecular weight is 371 g/mol. The topological polar surface area (TPSA) is 55.8 Å². The number of ketones is 1. The molecule has 2 aromatic carbocycles. The summed E-state index contributed by atoms with van der Waals surface area (Å²) < 4.78 is 11.2. The highest BCUT2D eigenvalue weighted by molar-refractivity contribution is 6.32. The van der Waals surface area contributed by atoms with Crippen molar-refractivity contribution < 1.29 is 19.4 Å². The van der Waals surface area contributed by atoms with Crippen LogP contribution in [0.15, 0.2) is 42.5 Å². The summed E-state index contributed by atoms with van der Waals surface area (Å²) in [5, 5.41) is 11.2. The van der Waals surface area contributed by atoms with Crippen molar-refractivity contribution in [2.45, 2.75) is 19.4 Å². The Morgan fingerprint density at radius 2 is 2.04 bits per heavy atom. The number of phenolic OH excluding ortho intramolecular Hbond substituents is 1. The highest BCUT2D eigenvalue weighted by atomic mass is 35.5. The van der Waals surface area contributed by atoms with Crippen molar-refractivity contribution in [2.75, 3.05) is 7.11 Å². The maximum absolute atomic E-state index is 12.7. The van der Waals surface area contributed by atoms with Crippen molar-refractivity contribution >= 4 is 29.5 Å². The number of ether oxygens (including phenoxy) is 2. The fourth-order valence-electron chi connectivity index (χ4n) is 2.74. The Labute approximate surface area is 157 Å². The first-order valence-electron chi connectivity index (χ1n) is 8.11. The maximum Gasteiger partial charge on any atom is 0.193 e. The lowest BCUT2D eigenvalue weighted by molar-refractivity contribution is 0.104. The molecule has 0 amide bonds. The molecule has 5 heteroatoms. The van der Waals surface area contributed by atoms with Crippen LogP contribution in [-0.2, 0) is 0 Å². The summed E-state index contributed by atoms with van der Waals surface area (Å²) in [4.78, 5) is 12.7. The lowest BCUT2D eigenvalue weighted by Crippen LogP contribution is -2.27. The molecule has 1 N–H and O–H groups in total. The van der Waals surface area contributed by atoms with E-state index in [4.69, 9.17) is 21.1 Å². The van der Waals surface area contributed by atoms with Crippen LogP contribution in [0.1, 0.15) is 35.3 Å². The van der Waals surface area contributed by atoms with Gasteiger partial charge in [-0.2, -0.15) is 0 Å². The second-order valence-corrected chi connectivity index (χ2v) is 6.88. The van der Waals surface area contributed by atoms with Gasteiger partial charge >= 0.3 is 0 Å². The molecule has 0 spiro atoms. The van der Waals surface area contributed by atoms with E-state index in [0.29, 0.717) is 21.9 Å². The lowest BCUT2D eigenvalue weighted by atomic mass is 9.97. The van der Waals surface area contributed by atoms with Crippen LogP contribution in [0.2, 0.25) is 5.02 Å². The van der Waals surface area contributed by atoms with E-state index in [1.807, 2.05) is 32.1 Å². The fourth-order valence-corrected chi connectivity index (χ4v) is 2.94. The van der Waals surface area contributed by atoms with Gasteiger partial charge in [0, 0.05) is 11.1 Å². The standard InChI is InChI=1S/C21H19ClO4/c1-21(2)11-10-14-17(26-21)12-18(25-3)19(20(14)24)16(23)9-8-13-6-4-5-7-15(13)22/h4-12,24H,1-3H3/b9-8+. The van der Waals surface area contributed by atoms with Gasteiger partial charge < -0.3 is 14.6 Å². The smallest absolute Gasteiger partial charge is 0.193 e. The van der Waals surface area contributed by atoms with Gasteiger partial charge in [-0.15, -0.1) is 0 Å². The summed E-state index contributed by atoms with van der Waals surface area (Å²) in [5.41, 5.74) is 0.756. The van der Waals surface area contributed by atoms with Crippen LogP contribution in [0.3, 0.4) is 0 Å². The first-order valence-corrected chi connectivity index (χ1v) is 8.49. The van der Waals surface area contributed by atoms with Gasteiger partial charge in [0.25, 0.3) is 0 Å². The first kappa shape index (κ1) is 18.1. The zero-order valence-corrected chi connectivity index (χ0v) is 15.5. The molecule has 3 rings (SSSR count). The van der Waals surface area contributed by atoms with Gasteiger partial charge in [0.2, 0.25) is 0 Å². The SMILES string of the molecule is COc1cc2c(c(O)c1C(=O)/C=C/c1ccccc1Cl)C=CC(C)(C)O2. The van der Waals surface area contributed by atoms with Crippen molar-refractivity contribution in [3.63, 3.8) is 0 Å². The van der Waals surface area contributed by atoms with Gasteiger partial charge in [0.15, 0.2) is 5.78 Å². The zero-order chi connectivity index (χ0) is 18.9. The highest BCUT2D eigenvalue weighted by Gasteiger charge is 2.28. The Bertz CT molecular complexity index is 926. The molecule has 0 atom stereocenters. The maximum atomic E-state index is 12.7. The van der Waals surface area contributed by atoms with Crippen molar-refractivity contribution in [1.82, 2.24) is 0 Å². The van der Waals surface area contributed by atoms with Gasteiger partial charge in [-0.1, -0.05) is 29.8 Å². The van der Waals surface area contributed by atoms with E-state index in [9.17, 15) is 9.90 Å². The minimum atomic E-state index is -0.500. The Morgan fingerprint density at radius 1 is 1.31 bits per heavy atom. The molecule has 0 saturated carbocycles. The van der Waals surface area contributed by atoms with Crippen molar-refractivity contribution in [3.05, 3.63) is 64.2 Å². The molecular formula is C21H19ClO4. The van der Waals surface area contributed by atoms with Crippen LogP contribution in [-0.4, -0.2) is 23.6 Å². The van der Waals surface area contributed by atoms with E-state index in [1.54, 1.807) is 30.4 Å². The van der Waals surface area contributed by atoms with Gasteiger partial charge in [-0.05, 0) is 49.8 Å². The molecule has 0 bridgehead atoms. The largest absolute Gasteiger partial charge is 0.506 e. The number of hydrogen-bond acceptors (Lipinski definition) is 4. The van der Waals surface area contributed by atoms with Crippen molar-refractivity contribution in [1.29, 1.82) is 0 Å². The minimum absolute atomic E-state index is 0.0857. The molecule has 2 aromatic rings. The number of aromatic hydroxyl groups is 1. The third-order valence-electron chi connectivity index (χ3n) is 4.08. The van der Waals surface area contributed by atoms with E-state index >= 15 is 0 Å². The third kappa shape index (κ3) is 3.46. The van der Waals surface area contributed by atoms with E-state index in [1.165, 1.54) is 13.2 Å². The number of carbonyl (C=O) groups is 1. The second-order valence-electron chi connectivity index (χ2n) is 6.47. The summed E-state index contributed by atoms with van der Waals surface area (Å²) >= 11 is 6.10. The molecule has 134 valence electrons. The van der Waals surface area contributed by atoms with Gasteiger partial charge in [0.1, 0.15) is 28.4 Å². The number of allylic oxidation sites excluding steroid dienone is 1. The van der Waals surface area contributed by atoms with Crippen LogP contribution in [0, 0.1) is 0 Å². The molecule has 1 aliphatic rings. The predicted molar refractivity (Wildman–Crippen MR) is 103 cm³/mol. The van der Waals surface area contributed by atoms with Crippen LogP contribution in [0.25, 0.3) is 12.2 Å². The zero-order valence-electron chi connectivity index (χ0n) is 14.7. The molecule has 26 heavy (non-hydrogen) atoms. The van der Waals surface area contributed by atoms with Crippen LogP contribution in [0.4, 0.5) is 0 Å². The minimum Gasteiger partial charge on any atom is -0.506 e. The van der Waals surface area contributed by atoms with Crippen LogP contribution < -0.4 is 9.47 Å². The number of carbonyl (C=O) groups excluding carboxylic acids is 1. The Kier molecular flexibility index (Phi) is 4.79. The summed E-state index contributed by atoms with van der Waals surface area (Å²) in [5.74, 6) is 0.167. The normalized spacial score (nSPS) is 14.8. The average Bonchev–Trinajstić information content (AvgIpc) is 2.59. The van der Waals surface area contributed by atoms with Crippen LogP contribution in [0.5, 0.6) is 17.2 Å². The molecule has 1 heterocycles. The summed E-state index contributed by atoms with van der Waals surface area (Å²) in [6, 6.07) is 8.81. The molecule has 1 aliphatic heterocycles. The number of methoxy groups -OCH3 is 1. The van der Waals surface area contributed by atoms with E-state index in [0.717, 1.165) is 0 Å². The fraction of sp³-hybridized carbons (Fsp3) is 0.190. The van der Waals surface area contributed by atoms with Crippen molar-refractivity contribution in [3.8, 4) is 17.2 Å². The summed E-state index contributed by atoms with van der Waals surface area (Å²) in [6.45, 7) is 3.81. The molecule has 0 fully saturated rings. The summed E-state index contributed by atoms with van der Waals surface area (Å²) in [6.07, 6.45) is 6.55. The third-order valence-corrected chi connectivity index (χ3v) is 4.42. The number of rotatable bonds is 4. The number of fused-ring (bicyclic) bond motifs is 1. The lowest BCUT2D eigenvalue weighted by Gasteiger charge is -2.29. The number of halogens is 1. The Hall–Kier alpha value is -2.72. The molecule has 4 nitrogen and oxygen atoms in total. The van der Waals surface area contributed by atoms with Gasteiger partial charge in [-0.3, -0.25) is 4.79 Å². The Balaban J connectivity index is 2.02. The van der Waals surface area contributed by atoms with E-state index in [-0.39, 0.29) is 22.8 Å². The molecule has 0 radical (unpaired) electrons. The van der Waals surface area contributed by atoms with E-state index < -0.39 is 5.60 Å². The molecule has 0 saturated heterocycles.